The number of nitrogens with zero attached hydrogens (tertiary/aromatic N) is 1. The maximum Gasteiger partial charge on any atom is 0.434 e. The molecule has 5 nitrogen and oxygen atoms in total. The second-order valence-corrected chi connectivity index (χ2v) is 17.5. The van der Waals surface area contributed by atoms with Gasteiger partial charge in [-0.3, -0.25) is 0 Å². The highest BCUT2D eigenvalue weighted by Gasteiger charge is 2.41. The first kappa shape index (κ1) is 35.7. The van der Waals surface area contributed by atoms with Crippen LogP contribution in [-0.4, -0.2) is 11.5 Å². The molecule has 6 heteroatoms. The summed E-state index contributed by atoms with van der Waals surface area (Å²) >= 11 is 0. The Morgan fingerprint density at radius 1 is 0.364 bits per heavy atom. The van der Waals surface area contributed by atoms with E-state index in [9.17, 15) is 0 Å². The maximum atomic E-state index is 7.00. The first-order chi connectivity index (χ1) is 32.7. The van der Waals surface area contributed by atoms with Crippen LogP contribution in [0.4, 0.5) is 0 Å². The molecule has 0 fully saturated rings. The molecule has 0 N–H and O–H groups in total. The lowest BCUT2D eigenvalue weighted by Gasteiger charge is -2.33. The lowest BCUT2D eigenvalue weighted by atomic mass is 9.50. The molecular weight excluding hydrogens is 809 g/mol. The minimum Gasteiger partial charge on any atom is -0.551 e. The number of furan rings is 2. The normalized spacial score (nSPS) is 12.8. The van der Waals surface area contributed by atoms with Crippen molar-refractivity contribution in [3.63, 3.8) is 0 Å². The average Bonchev–Trinajstić information content (AvgIpc) is 4.06. The van der Waals surface area contributed by atoms with Crippen LogP contribution >= 0.6 is 0 Å². The van der Waals surface area contributed by atoms with Crippen molar-refractivity contribution in [1.29, 1.82) is 0 Å². The van der Waals surface area contributed by atoms with Gasteiger partial charge in [0.2, 0.25) is 0 Å². The average molecular weight is 844 g/mol. The van der Waals surface area contributed by atoms with E-state index in [2.05, 4.69) is 180 Å². The SMILES string of the molecule is c1cc(-c2ccc3c(c2)-c2cc(-c4cc(-n5c6ccccc6c6ccccc65)c5c(c4)oc4ccccc45)cc4c2B(O3)c2ccccc2O4)cc(-c2cccc3c2oc2ccccc23)c1. The molecule has 306 valence electrons. The topological polar surface area (TPSA) is 49.7 Å². The van der Waals surface area contributed by atoms with E-state index in [0.717, 1.165) is 133 Å². The Labute approximate surface area is 378 Å². The van der Waals surface area contributed by atoms with Crippen molar-refractivity contribution >= 4 is 83.5 Å². The van der Waals surface area contributed by atoms with Crippen molar-refractivity contribution in [1.82, 2.24) is 4.57 Å². The van der Waals surface area contributed by atoms with E-state index in [0.29, 0.717) is 0 Å². The Balaban J connectivity index is 0.940. The third-order valence-corrected chi connectivity index (χ3v) is 13.9. The molecule has 15 rings (SSSR count). The highest BCUT2D eigenvalue weighted by molar-refractivity contribution is 6.84. The van der Waals surface area contributed by atoms with Crippen LogP contribution in [0.25, 0.3) is 116 Å². The second kappa shape index (κ2) is 13.4. The van der Waals surface area contributed by atoms with Gasteiger partial charge in [-0.15, -0.1) is 0 Å². The smallest absolute Gasteiger partial charge is 0.434 e. The fourth-order valence-electron chi connectivity index (χ4n) is 10.9. The first-order valence-electron chi connectivity index (χ1n) is 22.4. The molecule has 0 unspecified atom stereocenters. The van der Waals surface area contributed by atoms with Crippen LogP contribution in [0.3, 0.4) is 0 Å². The Hall–Kier alpha value is -8.74. The van der Waals surface area contributed by atoms with Gasteiger partial charge in [0.1, 0.15) is 39.6 Å². The molecule has 5 heterocycles. The standard InChI is InChI=1S/C60H34BNO4/c1-6-22-49-41(15-1)42-16-2-7-23-50(42)62(49)51-32-39(33-56-58(51)45-18-4-9-25-53(45)63-56)38-31-47-46-30-36(27-28-54(46)66-61-48-21-5-10-26-55(48)64-57(34-38)59(47)61)35-13-11-14-37(29-35)40-19-12-20-44-43-17-3-8-24-52(43)65-60(40)44/h1-34H. The van der Waals surface area contributed by atoms with Crippen molar-refractivity contribution in [2.24, 2.45) is 0 Å². The fourth-order valence-corrected chi connectivity index (χ4v) is 10.9. The number of fused-ring (bicyclic) bond motifs is 13. The third kappa shape index (κ3) is 5.06. The van der Waals surface area contributed by atoms with Crippen LogP contribution < -0.4 is 20.3 Å². The summed E-state index contributed by atoms with van der Waals surface area (Å²) in [5.74, 6) is 2.41. The first-order valence-corrected chi connectivity index (χ1v) is 22.4. The third-order valence-electron chi connectivity index (χ3n) is 13.9. The fraction of sp³-hybridized carbons (Fsp3) is 0. The molecule has 0 saturated heterocycles. The van der Waals surface area contributed by atoms with Crippen molar-refractivity contribution in [2.75, 3.05) is 0 Å². The molecule has 0 amide bonds. The van der Waals surface area contributed by atoms with Crippen LogP contribution in [0.2, 0.25) is 0 Å². The number of hydrogen-bond acceptors (Lipinski definition) is 4. The number of rotatable bonds is 4. The molecular formula is C60H34BNO4. The molecule has 13 aromatic rings. The zero-order valence-electron chi connectivity index (χ0n) is 35.3. The number of aromatic nitrogens is 1. The minimum absolute atomic E-state index is 0.328. The lowest BCUT2D eigenvalue weighted by Crippen LogP contribution is -2.53. The number of hydrogen-bond donors (Lipinski definition) is 0. The van der Waals surface area contributed by atoms with Gasteiger partial charge in [-0.25, -0.2) is 0 Å². The molecule has 0 radical (unpaired) electrons. The minimum atomic E-state index is -0.328. The summed E-state index contributed by atoms with van der Waals surface area (Å²) < 4.78 is 29.5. The van der Waals surface area contributed by atoms with Crippen molar-refractivity contribution < 1.29 is 18.2 Å². The van der Waals surface area contributed by atoms with E-state index in [-0.39, 0.29) is 6.92 Å². The van der Waals surface area contributed by atoms with Gasteiger partial charge in [0, 0.05) is 49.0 Å². The van der Waals surface area contributed by atoms with Gasteiger partial charge >= 0.3 is 6.92 Å². The van der Waals surface area contributed by atoms with Gasteiger partial charge in [0.25, 0.3) is 0 Å². The van der Waals surface area contributed by atoms with E-state index in [1.54, 1.807) is 0 Å². The van der Waals surface area contributed by atoms with Crippen LogP contribution in [-0.2, 0) is 0 Å². The van der Waals surface area contributed by atoms with Gasteiger partial charge in [-0.05, 0) is 106 Å². The van der Waals surface area contributed by atoms with Crippen LogP contribution in [0.5, 0.6) is 17.2 Å². The van der Waals surface area contributed by atoms with E-state index < -0.39 is 0 Å². The molecule has 3 aromatic heterocycles. The quantitative estimate of drug-likeness (QED) is 0.166. The Morgan fingerprint density at radius 2 is 1.02 bits per heavy atom. The summed E-state index contributed by atoms with van der Waals surface area (Å²) in [6.07, 6.45) is 0. The molecule has 0 aliphatic carbocycles. The van der Waals surface area contributed by atoms with Crippen molar-refractivity contribution in [3.8, 4) is 67.4 Å². The summed E-state index contributed by atoms with van der Waals surface area (Å²) in [5, 5.41) is 6.81. The molecule has 0 bridgehead atoms. The highest BCUT2D eigenvalue weighted by atomic mass is 16.5. The molecule has 10 aromatic carbocycles. The molecule has 2 aliphatic heterocycles. The van der Waals surface area contributed by atoms with Gasteiger partial charge in [-0.1, -0.05) is 133 Å². The largest absolute Gasteiger partial charge is 0.551 e. The predicted molar refractivity (Wildman–Crippen MR) is 269 cm³/mol. The molecule has 66 heavy (non-hydrogen) atoms. The van der Waals surface area contributed by atoms with Gasteiger partial charge in [0.15, 0.2) is 0 Å². The van der Waals surface area contributed by atoms with Gasteiger partial charge < -0.3 is 22.8 Å². The van der Waals surface area contributed by atoms with Crippen LogP contribution in [0, 0.1) is 0 Å². The Bertz CT molecular complexity index is 4160. The van der Waals surface area contributed by atoms with E-state index >= 15 is 0 Å². The highest BCUT2D eigenvalue weighted by Crippen LogP contribution is 2.46. The summed E-state index contributed by atoms with van der Waals surface area (Å²) in [7, 11) is 0. The van der Waals surface area contributed by atoms with Crippen LogP contribution in [0.15, 0.2) is 215 Å². The van der Waals surface area contributed by atoms with E-state index in [1.807, 2.05) is 30.3 Å². The predicted octanol–water partition coefficient (Wildman–Crippen LogP) is 14.9. The molecule has 0 atom stereocenters. The van der Waals surface area contributed by atoms with Crippen molar-refractivity contribution in [2.45, 2.75) is 0 Å². The van der Waals surface area contributed by atoms with E-state index in [1.165, 1.54) is 10.8 Å². The Morgan fingerprint density at radius 3 is 1.86 bits per heavy atom. The maximum absolute atomic E-state index is 7.00. The zero-order valence-corrected chi connectivity index (χ0v) is 35.3. The second-order valence-electron chi connectivity index (χ2n) is 17.5. The molecule has 0 saturated carbocycles. The number of benzene rings is 10. The van der Waals surface area contributed by atoms with Gasteiger partial charge in [-0.2, -0.15) is 0 Å². The monoisotopic (exact) mass is 843 g/mol. The zero-order chi connectivity index (χ0) is 43.0. The lowest BCUT2D eigenvalue weighted by molar-refractivity contribution is 0.479. The number of para-hydroxylation sites is 6. The summed E-state index contributed by atoms with van der Waals surface area (Å²) in [6, 6.07) is 72.9. The summed E-state index contributed by atoms with van der Waals surface area (Å²) in [5.41, 5.74) is 17.3. The van der Waals surface area contributed by atoms with Crippen molar-refractivity contribution in [3.05, 3.63) is 206 Å². The summed E-state index contributed by atoms with van der Waals surface area (Å²) in [6.45, 7) is -0.328. The van der Waals surface area contributed by atoms with E-state index in [4.69, 9.17) is 18.2 Å². The van der Waals surface area contributed by atoms with Crippen LogP contribution in [0.1, 0.15) is 0 Å². The number of ether oxygens (including phenoxy) is 1. The molecule has 0 spiro atoms. The Kier molecular flexibility index (Phi) is 7.24. The summed E-state index contributed by atoms with van der Waals surface area (Å²) in [4.78, 5) is 0. The molecule has 2 aliphatic rings. The van der Waals surface area contributed by atoms with Gasteiger partial charge in [0.05, 0.1) is 22.1 Å².